The van der Waals surface area contributed by atoms with Gasteiger partial charge in [-0.1, -0.05) is 0 Å². The zero-order chi connectivity index (χ0) is 13.8. The molecule has 1 aromatic carbocycles. The number of anilines is 1. The molecule has 0 atom stereocenters. The first kappa shape index (κ1) is 13.0. The Kier molecular flexibility index (Phi) is 3.74. The lowest BCUT2D eigenvalue weighted by molar-refractivity contribution is -0.118. The molecule has 0 bridgehead atoms. The summed E-state index contributed by atoms with van der Waals surface area (Å²) in [6, 6.07) is 3.10. The number of hydrogen-bond acceptors (Lipinski definition) is 5. The third-order valence-corrected chi connectivity index (χ3v) is 2.67. The van der Waals surface area contributed by atoms with Crippen LogP contribution in [0.3, 0.4) is 0 Å². The zero-order valence-corrected chi connectivity index (χ0v) is 10.3. The van der Waals surface area contributed by atoms with Crippen molar-refractivity contribution in [2.75, 3.05) is 19.1 Å². The second kappa shape index (κ2) is 5.47. The second-order valence-corrected chi connectivity index (χ2v) is 4.12. The van der Waals surface area contributed by atoms with Gasteiger partial charge in [0.1, 0.15) is 0 Å². The third kappa shape index (κ3) is 3.06. The van der Waals surface area contributed by atoms with Gasteiger partial charge >= 0.3 is 0 Å². The highest BCUT2D eigenvalue weighted by Crippen LogP contribution is 2.35. The predicted octanol–water partition coefficient (Wildman–Crippen LogP) is -0.00720. The molecule has 7 nitrogen and oxygen atoms in total. The summed E-state index contributed by atoms with van der Waals surface area (Å²) in [4.78, 5) is 22.5. The molecular weight excluding hydrogens is 250 g/mol. The molecule has 1 aliphatic heterocycles. The molecule has 0 fully saturated rings. The lowest BCUT2D eigenvalue weighted by Gasteiger charge is -2.08. The van der Waals surface area contributed by atoms with Crippen molar-refractivity contribution in [1.82, 2.24) is 5.32 Å². The van der Waals surface area contributed by atoms with Crippen molar-refractivity contribution in [3.05, 3.63) is 17.7 Å². The minimum Gasteiger partial charge on any atom is -0.454 e. The average molecular weight is 265 g/mol. The molecule has 0 unspecified atom stereocenters. The van der Waals surface area contributed by atoms with E-state index in [2.05, 4.69) is 5.32 Å². The van der Waals surface area contributed by atoms with Crippen LogP contribution in [0.15, 0.2) is 12.1 Å². The molecule has 2 rings (SSSR count). The predicted molar refractivity (Wildman–Crippen MR) is 67.7 cm³/mol. The van der Waals surface area contributed by atoms with Crippen LogP contribution >= 0.6 is 0 Å². The van der Waals surface area contributed by atoms with Crippen LogP contribution in [0.25, 0.3) is 0 Å². The van der Waals surface area contributed by atoms with Gasteiger partial charge < -0.3 is 26.3 Å². The summed E-state index contributed by atoms with van der Waals surface area (Å²) in [5, 5.41) is 2.66. The first-order valence-electron chi connectivity index (χ1n) is 5.83. The molecule has 5 N–H and O–H groups in total. The van der Waals surface area contributed by atoms with E-state index < -0.39 is 5.91 Å². The Bertz CT molecular complexity index is 516. The Hall–Kier alpha value is -2.44. The lowest BCUT2D eigenvalue weighted by Crippen LogP contribution is -2.26. The number of amides is 2. The summed E-state index contributed by atoms with van der Waals surface area (Å²) >= 11 is 0. The number of primary amides is 1. The van der Waals surface area contributed by atoms with Crippen LogP contribution in [0.5, 0.6) is 11.5 Å². The number of ether oxygens (including phenoxy) is 2. The summed E-state index contributed by atoms with van der Waals surface area (Å²) < 4.78 is 10.3. The van der Waals surface area contributed by atoms with Gasteiger partial charge in [0.25, 0.3) is 5.91 Å². The molecule has 1 heterocycles. The van der Waals surface area contributed by atoms with E-state index in [0.29, 0.717) is 35.7 Å². The molecule has 0 aromatic heterocycles. The van der Waals surface area contributed by atoms with E-state index in [1.165, 1.54) is 0 Å². The standard InChI is InChI=1S/C12H15N3O4/c13-8-5-10-9(18-6-19-10)4-7(8)12(17)15-3-1-2-11(14)16/h4-5H,1-3,6,13H2,(H2,14,16)(H,15,17). The molecular formula is C12H15N3O4. The summed E-state index contributed by atoms with van der Waals surface area (Å²) in [6.07, 6.45) is 0.725. The van der Waals surface area contributed by atoms with E-state index in [1.807, 2.05) is 0 Å². The highest BCUT2D eigenvalue weighted by molar-refractivity contribution is 6.00. The highest BCUT2D eigenvalue weighted by Gasteiger charge is 2.19. The Morgan fingerprint density at radius 3 is 2.63 bits per heavy atom. The normalized spacial score (nSPS) is 12.2. The van der Waals surface area contributed by atoms with E-state index in [4.69, 9.17) is 20.9 Å². The van der Waals surface area contributed by atoms with Gasteiger partial charge in [0.05, 0.1) is 5.56 Å². The molecule has 7 heteroatoms. The second-order valence-electron chi connectivity index (χ2n) is 4.12. The molecule has 19 heavy (non-hydrogen) atoms. The Morgan fingerprint density at radius 2 is 1.95 bits per heavy atom. The SMILES string of the molecule is NC(=O)CCCNC(=O)c1cc2c(cc1N)OCO2. The number of nitrogen functional groups attached to an aromatic ring is 1. The van der Waals surface area contributed by atoms with Crippen LogP contribution in [0.2, 0.25) is 0 Å². The van der Waals surface area contributed by atoms with Gasteiger partial charge in [-0.25, -0.2) is 0 Å². The average Bonchev–Trinajstić information content (AvgIpc) is 2.80. The third-order valence-electron chi connectivity index (χ3n) is 2.67. The lowest BCUT2D eigenvalue weighted by atomic mass is 10.1. The van der Waals surface area contributed by atoms with Gasteiger partial charge in [0.15, 0.2) is 11.5 Å². The highest BCUT2D eigenvalue weighted by atomic mass is 16.7. The van der Waals surface area contributed by atoms with Crippen LogP contribution in [0.4, 0.5) is 5.69 Å². The largest absolute Gasteiger partial charge is 0.454 e. The molecule has 1 aromatic rings. The van der Waals surface area contributed by atoms with Crippen molar-refractivity contribution in [3.63, 3.8) is 0 Å². The first-order valence-corrected chi connectivity index (χ1v) is 5.83. The van der Waals surface area contributed by atoms with Crippen LogP contribution < -0.4 is 26.3 Å². The van der Waals surface area contributed by atoms with Crippen LogP contribution in [0.1, 0.15) is 23.2 Å². The quantitative estimate of drug-likeness (QED) is 0.511. The summed E-state index contributed by atoms with van der Waals surface area (Å²) in [5.41, 5.74) is 11.4. The fraction of sp³-hybridized carbons (Fsp3) is 0.333. The minimum atomic E-state index is -0.392. The van der Waals surface area contributed by atoms with Gasteiger partial charge in [-0.2, -0.15) is 0 Å². The maximum absolute atomic E-state index is 11.9. The monoisotopic (exact) mass is 265 g/mol. The van der Waals surface area contributed by atoms with Crippen LogP contribution in [-0.2, 0) is 4.79 Å². The van der Waals surface area contributed by atoms with Crippen molar-refractivity contribution >= 4 is 17.5 Å². The number of nitrogens with one attached hydrogen (secondary N) is 1. The molecule has 0 saturated heterocycles. The molecule has 1 aliphatic rings. The maximum Gasteiger partial charge on any atom is 0.253 e. The van der Waals surface area contributed by atoms with Gasteiger partial charge in [0, 0.05) is 24.7 Å². The Balaban J connectivity index is 1.97. The van der Waals surface area contributed by atoms with E-state index in [-0.39, 0.29) is 19.1 Å². The number of carbonyl (C=O) groups excluding carboxylic acids is 2. The van der Waals surface area contributed by atoms with Crippen molar-refractivity contribution < 1.29 is 19.1 Å². The smallest absolute Gasteiger partial charge is 0.253 e. The van der Waals surface area contributed by atoms with E-state index in [9.17, 15) is 9.59 Å². The van der Waals surface area contributed by atoms with E-state index >= 15 is 0 Å². The number of nitrogens with two attached hydrogens (primary N) is 2. The molecule has 102 valence electrons. The number of benzene rings is 1. The van der Waals surface area contributed by atoms with Crippen molar-refractivity contribution in [1.29, 1.82) is 0 Å². The molecule has 0 spiro atoms. The summed E-state index contributed by atoms with van der Waals surface area (Å²) in [5.74, 6) is 0.316. The fourth-order valence-corrected chi connectivity index (χ4v) is 1.71. The van der Waals surface area contributed by atoms with Crippen LogP contribution in [0, 0.1) is 0 Å². The number of hydrogen-bond donors (Lipinski definition) is 3. The van der Waals surface area contributed by atoms with Crippen molar-refractivity contribution in [3.8, 4) is 11.5 Å². The van der Waals surface area contributed by atoms with Gasteiger partial charge in [-0.3, -0.25) is 9.59 Å². The fourth-order valence-electron chi connectivity index (χ4n) is 1.71. The summed E-state index contributed by atoms with van der Waals surface area (Å²) in [6.45, 7) is 0.480. The Labute approximate surface area is 109 Å². The molecule has 0 aliphatic carbocycles. The van der Waals surface area contributed by atoms with Crippen molar-refractivity contribution in [2.24, 2.45) is 5.73 Å². The number of fused-ring (bicyclic) bond motifs is 1. The van der Waals surface area contributed by atoms with E-state index in [0.717, 1.165) is 0 Å². The summed E-state index contributed by atoms with van der Waals surface area (Å²) in [7, 11) is 0. The zero-order valence-electron chi connectivity index (χ0n) is 10.3. The molecule has 2 amide bonds. The van der Waals surface area contributed by atoms with Gasteiger partial charge in [0.2, 0.25) is 12.7 Å². The Morgan fingerprint density at radius 1 is 1.26 bits per heavy atom. The van der Waals surface area contributed by atoms with Gasteiger partial charge in [-0.15, -0.1) is 0 Å². The van der Waals surface area contributed by atoms with E-state index in [1.54, 1.807) is 12.1 Å². The van der Waals surface area contributed by atoms with Crippen molar-refractivity contribution in [2.45, 2.75) is 12.8 Å². The molecule has 0 radical (unpaired) electrons. The first-order chi connectivity index (χ1) is 9.08. The maximum atomic E-state index is 11.9. The topological polar surface area (TPSA) is 117 Å². The number of rotatable bonds is 5. The number of carbonyl (C=O) groups is 2. The van der Waals surface area contributed by atoms with Gasteiger partial charge in [-0.05, 0) is 12.5 Å². The van der Waals surface area contributed by atoms with Crippen LogP contribution in [-0.4, -0.2) is 25.2 Å². The minimum absolute atomic E-state index is 0.123. The molecule has 0 saturated carbocycles.